The van der Waals surface area contributed by atoms with E-state index in [1.54, 1.807) is 11.8 Å². The first-order valence-electron chi connectivity index (χ1n) is 6.26. The third-order valence-corrected chi connectivity index (χ3v) is 4.34. The Kier molecular flexibility index (Phi) is 4.15. The van der Waals surface area contributed by atoms with Crippen molar-refractivity contribution in [3.05, 3.63) is 23.8 Å². The highest BCUT2D eigenvalue weighted by molar-refractivity contribution is 7.98. The van der Waals surface area contributed by atoms with Crippen molar-refractivity contribution in [3.8, 4) is 6.07 Å². The molecule has 1 aromatic rings. The number of nitriles is 1. The van der Waals surface area contributed by atoms with Crippen LogP contribution in [0, 0.1) is 11.3 Å². The second-order valence-electron chi connectivity index (χ2n) is 4.79. The summed E-state index contributed by atoms with van der Waals surface area (Å²) in [5, 5.41) is 9.38. The summed E-state index contributed by atoms with van der Waals surface area (Å²) in [5.41, 5.74) is 7.85. The Morgan fingerprint density at radius 3 is 2.89 bits per heavy atom. The van der Waals surface area contributed by atoms with E-state index in [1.165, 1.54) is 0 Å². The van der Waals surface area contributed by atoms with Crippen molar-refractivity contribution in [2.24, 2.45) is 5.73 Å². The van der Waals surface area contributed by atoms with E-state index in [4.69, 9.17) is 5.73 Å². The summed E-state index contributed by atoms with van der Waals surface area (Å²) in [4.78, 5) is 3.37. The smallest absolute Gasteiger partial charge is 0.103 e. The van der Waals surface area contributed by atoms with Gasteiger partial charge in [0.1, 0.15) is 6.07 Å². The minimum Gasteiger partial charge on any atom is -0.368 e. The van der Waals surface area contributed by atoms with Gasteiger partial charge in [0.15, 0.2) is 0 Å². The Balaban J connectivity index is 2.36. The van der Waals surface area contributed by atoms with E-state index in [0.29, 0.717) is 12.1 Å². The quantitative estimate of drug-likeness (QED) is 0.831. The maximum Gasteiger partial charge on any atom is 0.103 e. The van der Waals surface area contributed by atoms with Crippen LogP contribution in [-0.4, -0.2) is 24.9 Å². The molecule has 1 saturated heterocycles. The molecule has 0 saturated carbocycles. The molecule has 0 radical (unpaired) electrons. The van der Waals surface area contributed by atoms with Gasteiger partial charge in [0.05, 0.1) is 11.3 Å². The lowest BCUT2D eigenvalue weighted by molar-refractivity contribution is 0.429. The number of hydrogen-bond donors (Lipinski definition) is 1. The van der Waals surface area contributed by atoms with Crippen molar-refractivity contribution in [2.45, 2.75) is 36.7 Å². The molecule has 0 bridgehead atoms. The average Bonchev–Trinajstić information content (AvgIpc) is 2.37. The molecule has 0 spiro atoms. The Labute approximate surface area is 113 Å². The van der Waals surface area contributed by atoms with Crippen molar-refractivity contribution in [1.29, 1.82) is 5.26 Å². The summed E-state index contributed by atoms with van der Waals surface area (Å²) >= 11 is 1.63. The normalized spacial score (nSPS) is 23.8. The summed E-state index contributed by atoms with van der Waals surface area (Å²) < 4.78 is 0. The van der Waals surface area contributed by atoms with E-state index < -0.39 is 0 Å². The monoisotopic (exact) mass is 261 g/mol. The number of piperidine rings is 1. The van der Waals surface area contributed by atoms with Crippen LogP contribution >= 0.6 is 11.8 Å². The van der Waals surface area contributed by atoms with Crippen LogP contribution in [0.5, 0.6) is 0 Å². The van der Waals surface area contributed by atoms with Gasteiger partial charge in [0, 0.05) is 23.5 Å². The van der Waals surface area contributed by atoms with Gasteiger partial charge in [-0.25, -0.2) is 0 Å². The number of nitrogens with zero attached hydrogens (tertiary/aromatic N) is 2. The fraction of sp³-hybridized carbons (Fsp3) is 0.500. The van der Waals surface area contributed by atoms with Gasteiger partial charge >= 0.3 is 0 Å². The average molecular weight is 261 g/mol. The molecule has 1 aromatic carbocycles. The summed E-state index contributed by atoms with van der Waals surface area (Å²) in [6.07, 6.45) is 4.00. The highest BCUT2D eigenvalue weighted by Crippen LogP contribution is 2.32. The Hall–Kier alpha value is -1.18. The van der Waals surface area contributed by atoms with Crippen LogP contribution in [0.25, 0.3) is 0 Å². The minimum atomic E-state index is 0.297. The molecule has 0 aliphatic carbocycles. The largest absolute Gasteiger partial charge is 0.368 e. The topological polar surface area (TPSA) is 53.0 Å². The van der Waals surface area contributed by atoms with Crippen LogP contribution in [0.4, 0.5) is 5.69 Å². The lowest BCUT2D eigenvalue weighted by Gasteiger charge is -2.38. The SMILES string of the molecule is CSc1cccc(N2CCC(N)CC2C)c1C#N. The van der Waals surface area contributed by atoms with Crippen molar-refractivity contribution in [1.82, 2.24) is 0 Å². The van der Waals surface area contributed by atoms with Crippen LogP contribution in [0.15, 0.2) is 23.1 Å². The van der Waals surface area contributed by atoms with Crippen molar-refractivity contribution in [3.63, 3.8) is 0 Å². The molecule has 0 aromatic heterocycles. The zero-order valence-electron chi connectivity index (χ0n) is 10.9. The van der Waals surface area contributed by atoms with E-state index in [9.17, 15) is 5.26 Å². The Morgan fingerprint density at radius 1 is 1.50 bits per heavy atom. The van der Waals surface area contributed by atoms with E-state index in [-0.39, 0.29) is 0 Å². The minimum absolute atomic E-state index is 0.297. The molecule has 0 amide bonds. The molecule has 2 unspecified atom stereocenters. The molecule has 2 N–H and O–H groups in total. The molecular formula is C14H19N3S. The number of benzene rings is 1. The summed E-state index contributed by atoms with van der Waals surface area (Å²) in [6, 6.07) is 9.13. The van der Waals surface area contributed by atoms with Gasteiger partial charge in [-0.1, -0.05) is 6.07 Å². The Bertz CT molecular complexity index is 467. The number of hydrogen-bond acceptors (Lipinski definition) is 4. The number of anilines is 1. The first-order chi connectivity index (χ1) is 8.67. The standard InChI is InChI=1S/C14H19N3S/c1-10-8-11(16)6-7-17(10)13-4-3-5-14(18-2)12(13)9-15/h3-5,10-11H,6-8,16H2,1-2H3. The first-order valence-corrected chi connectivity index (χ1v) is 7.49. The molecule has 2 rings (SSSR count). The van der Waals surface area contributed by atoms with E-state index in [0.717, 1.165) is 35.5 Å². The number of rotatable bonds is 2. The van der Waals surface area contributed by atoms with Gasteiger partial charge in [0.2, 0.25) is 0 Å². The Morgan fingerprint density at radius 2 is 2.28 bits per heavy atom. The fourth-order valence-electron chi connectivity index (χ4n) is 2.61. The van der Waals surface area contributed by atoms with Crippen LogP contribution in [-0.2, 0) is 0 Å². The van der Waals surface area contributed by atoms with Gasteiger partial charge < -0.3 is 10.6 Å². The molecule has 1 aliphatic rings. The highest BCUT2D eigenvalue weighted by Gasteiger charge is 2.25. The molecule has 2 atom stereocenters. The van der Waals surface area contributed by atoms with Gasteiger partial charge in [-0.15, -0.1) is 11.8 Å². The molecule has 1 aliphatic heterocycles. The second-order valence-corrected chi connectivity index (χ2v) is 5.64. The zero-order chi connectivity index (χ0) is 13.1. The van der Waals surface area contributed by atoms with Crippen molar-refractivity contribution in [2.75, 3.05) is 17.7 Å². The second kappa shape index (κ2) is 5.64. The molecular weight excluding hydrogens is 242 g/mol. The number of nitrogens with two attached hydrogens (primary N) is 1. The van der Waals surface area contributed by atoms with Crippen LogP contribution in [0.3, 0.4) is 0 Å². The lowest BCUT2D eigenvalue weighted by atomic mass is 9.97. The predicted molar refractivity (Wildman–Crippen MR) is 77.0 cm³/mol. The van der Waals surface area contributed by atoms with Gasteiger partial charge in [-0.05, 0) is 38.2 Å². The van der Waals surface area contributed by atoms with E-state index >= 15 is 0 Å². The van der Waals surface area contributed by atoms with Crippen LogP contribution in [0.2, 0.25) is 0 Å². The zero-order valence-corrected chi connectivity index (χ0v) is 11.7. The predicted octanol–water partition coefficient (Wildman–Crippen LogP) is 2.60. The third kappa shape index (κ3) is 2.47. The molecule has 1 fully saturated rings. The van der Waals surface area contributed by atoms with Crippen molar-refractivity contribution >= 4 is 17.4 Å². The highest BCUT2D eigenvalue weighted by atomic mass is 32.2. The summed E-state index contributed by atoms with van der Waals surface area (Å²) in [6.45, 7) is 3.13. The maximum absolute atomic E-state index is 9.38. The van der Waals surface area contributed by atoms with Gasteiger partial charge in [0.25, 0.3) is 0 Å². The molecule has 18 heavy (non-hydrogen) atoms. The number of thioether (sulfide) groups is 1. The van der Waals surface area contributed by atoms with E-state index in [1.807, 2.05) is 24.5 Å². The van der Waals surface area contributed by atoms with Gasteiger partial charge in [-0.2, -0.15) is 5.26 Å². The molecule has 3 nitrogen and oxygen atoms in total. The summed E-state index contributed by atoms with van der Waals surface area (Å²) in [5.74, 6) is 0. The molecule has 1 heterocycles. The van der Waals surface area contributed by atoms with E-state index in [2.05, 4.69) is 17.9 Å². The van der Waals surface area contributed by atoms with Crippen molar-refractivity contribution < 1.29 is 0 Å². The van der Waals surface area contributed by atoms with Crippen LogP contribution < -0.4 is 10.6 Å². The van der Waals surface area contributed by atoms with Crippen LogP contribution in [0.1, 0.15) is 25.3 Å². The molecule has 96 valence electrons. The maximum atomic E-state index is 9.38. The summed E-state index contributed by atoms with van der Waals surface area (Å²) in [7, 11) is 0. The third-order valence-electron chi connectivity index (χ3n) is 3.56. The lowest BCUT2D eigenvalue weighted by Crippen LogP contribution is -2.45. The first kappa shape index (κ1) is 13.3. The van der Waals surface area contributed by atoms with Gasteiger partial charge in [-0.3, -0.25) is 0 Å². The fourth-order valence-corrected chi connectivity index (χ4v) is 3.18. The molecule has 4 heteroatoms.